The number of carbonyl (C=O) groups is 2. The first-order valence-corrected chi connectivity index (χ1v) is 9.48. The summed E-state index contributed by atoms with van der Waals surface area (Å²) in [6.45, 7) is 0.513. The molecule has 6 heteroatoms. The van der Waals surface area contributed by atoms with Crippen LogP contribution in [0.5, 0.6) is 0 Å². The Hall–Kier alpha value is -2.99. The third kappa shape index (κ3) is 5.04. The molecule has 2 aromatic carbocycles. The van der Waals surface area contributed by atoms with Crippen LogP contribution in [0.15, 0.2) is 65.8 Å². The summed E-state index contributed by atoms with van der Waals surface area (Å²) in [5.74, 6) is -0.314. The number of likely N-dealkylation sites (N-methyl/N-ethyl adjacent to an activating group) is 1. The second-order valence-corrected chi connectivity index (χ2v) is 7.10. The zero-order chi connectivity index (χ0) is 19.9. The summed E-state index contributed by atoms with van der Waals surface area (Å²) in [6, 6.07) is 19.6. The van der Waals surface area contributed by atoms with Gasteiger partial charge < -0.3 is 10.2 Å². The zero-order valence-corrected chi connectivity index (χ0v) is 16.3. The number of carbonyl (C=O) groups excluding carboxylic acids is 2. The minimum atomic E-state index is -0.214. The van der Waals surface area contributed by atoms with E-state index in [0.717, 1.165) is 6.42 Å². The monoisotopic (exact) mass is 378 g/mol. The number of hydrogen-bond donors (Lipinski definition) is 1. The largest absolute Gasteiger partial charge is 0.349 e. The molecule has 1 heterocycles. The Balaban J connectivity index is 1.65. The van der Waals surface area contributed by atoms with Gasteiger partial charge in [-0.1, -0.05) is 48.5 Å². The third-order valence-corrected chi connectivity index (χ3v) is 4.84. The van der Waals surface area contributed by atoms with Crippen LogP contribution in [0.2, 0.25) is 0 Å². The highest BCUT2D eigenvalue weighted by molar-refractivity contribution is 6.40. The molecule has 28 heavy (non-hydrogen) atoms. The lowest BCUT2D eigenvalue weighted by atomic mass is 10.0. The molecule has 1 N–H and O–H groups in total. The van der Waals surface area contributed by atoms with E-state index in [2.05, 4.69) is 27.5 Å². The van der Waals surface area contributed by atoms with Crippen LogP contribution in [-0.2, 0) is 16.0 Å². The molecule has 0 radical (unpaired) electrons. The lowest BCUT2D eigenvalue weighted by Crippen LogP contribution is -2.45. The first-order valence-electron chi connectivity index (χ1n) is 9.48. The molecule has 146 valence electrons. The molecule has 0 fully saturated rings. The van der Waals surface area contributed by atoms with Crippen molar-refractivity contribution in [2.24, 2.45) is 5.10 Å². The van der Waals surface area contributed by atoms with E-state index in [1.807, 2.05) is 62.6 Å². The molecule has 6 nitrogen and oxygen atoms in total. The predicted molar refractivity (Wildman–Crippen MR) is 111 cm³/mol. The fourth-order valence-corrected chi connectivity index (χ4v) is 3.12. The fraction of sp³-hybridized carbons (Fsp3) is 0.318. The SMILES string of the molecule is CN(C)[C@H](CNC(=O)C1=NN(c2ccccc2)C(=O)CC1)Cc1ccccc1. The molecule has 2 aromatic rings. The number of hydrogen-bond acceptors (Lipinski definition) is 4. The van der Waals surface area contributed by atoms with Crippen LogP contribution in [0.1, 0.15) is 18.4 Å². The lowest BCUT2D eigenvalue weighted by molar-refractivity contribution is -0.119. The van der Waals surface area contributed by atoms with Crippen molar-refractivity contribution in [2.75, 3.05) is 25.6 Å². The molecule has 0 saturated heterocycles. The molecular formula is C22H26N4O2. The summed E-state index contributed by atoms with van der Waals surface area (Å²) in [5.41, 5.74) is 2.29. The van der Waals surface area contributed by atoms with Gasteiger partial charge >= 0.3 is 0 Å². The molecule has 0 spiro atoms. The highest BCUT2D eigenvalue weighted by Crippen LogP contribution is 2.19. The van der Waals surface area contributed by atoms with Gasteiger partial charge in [-0.3, -0.25) is 9.59 Å². The van der Waals surface area contributed by atoms with E-state index < -0.39 is 0 Å². The number of amides is 2. The predicted octanol–water partition coefficient (Wildman–Crippen LogP) is 2.46. The summed E-state index contributed by atoms with van der Waals surface area (Å²) in [5, 5.41) is 8.63. The average Bonchev–Trinajstić information content (AvgIpc) is 2.72. The molecule has 1 aliphatic heterocycles. The van der Waals surface area contributed by atoms with Gasteiger partial charge in [0.15, 0.2) is 0 Å². The van der Waals surface area contributed by atoms with Gasteiger partial charge in [0.2, 0.25) is 5.91 Å². The maximum absolute atomic E-state index is 12.7. The second kappa shape index (κ2) is 9.28. The van der Waals surface area contributed by atoms with Crippen molar-refractivity contribution in [2.45, 2.75) is 25.3 Å². The maximum atomic E-state index is 12.7. The van der Waals surface area contributed by atoms with Gasteiger partial charge in [0, 0.05) is 25.4 Å². The number of para-hydroxylation sites is 1. The van der Waals surface area contributed by atoms with Crippen molar-refractivity contribution >= 4 is 23.2 Å². The van der Waals surface area contributed by atoms with Gasteiger partial charge in [0.25, 0.3) is 5.91 Å². The molecule has 0 aliphatic carbocycles. The van der Waals surface area contributed by atoms with Crippen molar-refractivity contribution in [1.29, 1.82) is 0 Å². The molecule has 0 aromatic heterocycles. The van der Waals surface area contributed by atoms with Gasteiger partial charge in [0.05, 0.1) is 5.69 Å². The Labute approximate surface area is 165 Å². The molecule has 0 bridgehead atoms. The topological polar surface area (TPSA) is 65.0 Å². The molecule has 1 atom stereocenters. The number of rotatable bonds is 7. The van der Waals surface area contributed by atoms with E-state index in [0.29, 0.717) is 24.4 Å². The molecule has 0 unspecified atom stereocenters. The summed E-state index contributed by atoms with van der Waals surface area (Å²) in [6.07, 6.45) is 1.48. The van der Waals surface area contributed by atoms with E-state index in [1.165, 1.54) is 10.6 Å². The lowest BCUT2D eigenvalue weighted by Gasteiger charge is -2.26. The minimum absolute atomic E-state index is 0.0991. The van der Waals surface area contributed by atoms with Crippen LogP contribution in [0.4, 0.5) is 5.69 Å². The van der Waals surface area contributed by atoms with E-state index in [9.17, 15) is 9.59 Å². The van der Waals surface area contributed by atoms with Gasteiger partial charge in [-0.15, -0.1) is 0 Å². The van der Waals surface area contributed by atoms with E-state index >= 15 is 0 Å². The normalized spacial score (nSPS) is 15.3. The van der Waals surface area contributed by atoms with Crippen molar-refractivity contribution in [1.82, 2.24) is 10.2 Å². The Kier molecular flexibility index (Phi) is 6.55. The van der Waals surface area contributed by atoms with Crippen molar-refractivity contribution in [3.8, 4) is 0 Å². The van der Waals surface area contributed by atoms with Crippen molar-refractivity contribution < 1.29 is 9.59 Å². The third-order valence-electron chi connectivity index (χ3n) is 4.84. The summed E-state index contributed by atoms with van der Waals surface area (Å²) < 4.78 is 0. The minimum Gasteiger partial charge on any atom is -0.349 e. The zero-order valence-electron chi connectivity index (χ0n) is 16.3. The molecule has 0 saturated carbocycles. The maximum Gasteiger partial charge on any atom is 0.267 e. The smallest absolute Gasteiger partial charge is 0.267 e. The Morgan fingerprint density at radius 2 is 1.71 bits per heavy atom. The Bertz CT molecular complexity index is 834. The van der Waals surface area contributed by atoms with Gasteiger partial charge in [-0.05, 0) is 38.2 Å². The second-order valence-electron chi connectivity index (χ2n) is 7.10. The summed E-state index contributed by atoms with van der Waals surface area (Å²) in [7, 11) is 4.02. The van der Waals surface area contributed by atoms with Crippen molar-refractivity contribution in [3.05, 3.63) is 66.2 Å². The molecule has 2 amide bonds. The van der Waals surface area contributed by atoms with Crippen LogP contribution in [0, 0.1) is 0 Å². The standard InChI is InChI=1S/C22H26N4O2/c1-25(2)19(15-17-9-5-3-6-10-17)16-23-22(28)20-13-14-21(27)26(24-20)18-11-7-4-8-12-18/h3-12,19H,13-16H2,1-2H3,(H,23,28)/t19-/m0/s1. The number of nitrogens with zero attached hydrogens (tertiary/aromatic N) is 3. The first-order chi connectivity index (χ1) is 13.5. The summed E-state index contributed by atoms with van der Waals surface area (Å²) >= 11 is 0. The number of benzene rings is 2. The van der Waals surface area contributed by atoms with Crippen LogP contribution in [-0.4, -0.2) is 49.1 Å². The fourth-order valence-electron chi connectivity index (χ4n) is 3.12. The molecule has 1 aliphatic rings. The van der Waals surface area contributed by atoms with E-state index in [4.69, 9.17) is 0 Å². The quantitative estimate of drug-likeness (QED) is 0.805. The van der Waals surface area contributed by atoms with Gasteiger partial charge in [-0.2, -0.15) is 5.10 Å². The number of hydrazone groups is 1. The number of nitrogens with one attached hydrogen (secondary N) is 1. The first kappa shape index (κ1) is 19.8. The van der Waals surface area contributed by atoms with Gasteiger partial charge in [-0.25, -0.2) is 5.01 Å². The average molecular weight is 378 g/mol. The van der Waals surface area contributed by atoms with Crippen LogP contribution < -0.4 is 10.3 Å². The Morgan fingerprint density at radius 3 is 2.36 bits per heavy atom. The van der Waals surface area contributed by atoms with Gasteiger partial charge in [0.1, 0.15) is 5.71 Å². The van der Waals surface area contributed by atoms with E-state index in [-0.39, 0.29) is 24.3 Å². The Morgan fingerprint density at radius 1 is 1.07 bits per heavy atom. The molecular weight excluding hydrogens is 352 g/mol. The molecule has 3 rings (SSSR count). The highest BCUT2D eigenvalue weighted by atomic mass is 16.2. The van der Waals surface area contributed by atoms with Crippen molar-refractivity contribution in [3.63, 3.8) is 0 Å². The van der Waals surface area contributed by atoms with E-state index in [1.54, 1.807) is 0 Å². The summed E-state index contributed by atoms with van der Waals surface area (Å²) in [4.78, 5) is 27.0. The van der Waals surface area contributed by atoms with Crippen LogP contribution >= 0.6 is 0 Å². The number of anilines is 1. The van der Waals surface area contributed by atoms with Crippen LogP contribution in [0.25, 0.3) is 0 Å². The van der Waals surface area contributed by atoms with Crippen LogP contribution in [0.3, 0.4) is 0 Å². The highest BCUT2D eigenvalue weighted by Gasteiger charge is 2.26.